The van der Waals surface area contributed by atoms with Crippen LogP contribution in [0.5, 0.6) is 0 Å². The highest BCUT2D eigenvalue weighted by molar-refractivity contribution is 5.95. The molecule has 0 aromatic carbocycles. The first-order chi connectivity index (χ1) is 5.79. The Morgan fingerprint density at radius 3 is 2.85 bits per heavy atom. The molecule has 2 saturated heterocycles. The number of carbonyl (C=O) groups is 2. The lowest BCUT2D eigenvalue weighted by Crippen LogP contribution is -2.65. The predicted molar refractivity (Wildman–Crippen MR) is 48.6 cm³/mol. The largest absolute Gasteiger partial charge is 0.345 e. The van der Waals surface area contributed by atoms with Crippen molar-refractivity contribution in [1.29, 1.82) is 0 Å². The summed E-state index contributed by atoms with van der Waals surface area (Å²) in [4.78, 5) is 24.1. The monoisotopic (exact) mass is 205 g/mol. The van der Waals surface area contributed by atoms with Crippen molar-refractivity contribution in [3.63, 3.8) is 0 Å². The summed E-state index contributed by atoms with van der Waals surface area (Å²) in [5.74, 6) is -0.0112. The smallest absolute Gasteiger partial charge is 0.244 e. The molecule has 2 amide bonds. The Kier molecular flexibility index (Phi) is 3.11. The zero-order valence-corrected chi connectivity index (χ0v) is 7.89. The zero-order chi connectivity index (χ0) is 8.55. The van der Waals surface area contributed by atoms with E-state index in [9.17, 15) is 9.59 Å². The number of rotatable bonds is 0. The van der Waals surface area contributed by atoms with E-state index in [1.54, 1.807) is 4.90 Å². The van der Waals surface area contributed by atoms with E-state index in [0.29, 0.717) is 13.1 Å². The highest BCUT2D eigenvalue weighted by atomic mass is 35.5. The Bertz CT molecular complexity index is 210. The first kappa shape index (κ1) is 10.3. The van der Waals surface area contributed by atoms with Crippen molar-refractivity contribution in [2.75, 3.05) is 26.2 Å². The summed E-state index contributed by atoms with van der Waals surface area (Å²) >= 11 is 0. The average Bonchev–Trinajstić information content (AvgIpc) is 2.12. The van der Waals surface area contributed by atoms with Crippen LogP contribution in [0.2, 0.25) is 0 Å². The first-order valence-corrected chi connectivity index (χ1v) is 4.07. The quantitative estimate of drug-likeness (QED) is 0.498. The van der Waals surface area contributed by atoms with Gasteiger partial charge in [-0.15, -0.1) is 12.4 Å². The van der Waals surface area contributed by atoms with E-state index in [1.807, 2.05) is 0 Å². The fourth-order valence-electron chi connectivity index (χ4n) is 1.62. The second-order valence-corrected chi connectivity index (χ2v) is 3.02. The van der Waals surface area contributed by atoms with Crippen LogP contribution in [0.1, 0.15) is 0 Å². The molecule has 1 unspecified atom stereocenters. The minimum absolute atomic E-state index is 0. The third kappa shape index (κ3) is 1.76. The molecule has 2 fully saturated rings. The SMILES string of the molecule is Cl.O=C1NCC(=O)N2CCNCC12. The Morgan fingerprint density at radius 2 is 2.15 bits per heavy atom. The minimum Gasteiger partial charge on any atom is -0.345 e. The molecule has 5 nitrogen and oxygen atoms in total. The Hall–Kier alpha value is -0.810. The van der Waals surface area contributed by atoms with Crippen molar-refractivity contribution in [2.24, 2.45) is 0 Å². The standard InChI is InChI=1S/C7H11N3O2.ClH/c11-6-4-9-7(12)5-3-8-1-2-10(5)6;/h5,8H,1-4H2,(H,9,12);1H. The predicted octanol–water partition coefficient (Wildman–Crippen LogP) is -1.66. The third-order valence-corrected chi connectivity index (χ3v) is 2.28. The number of nitrogens with one attached hydrogen (secondary N) is 2. The van der Waals surface area contributed by atoms with E-state index in [1.165, 1.54) is 0 Å². The van der Waals surface area contributed by atoms with Gasteiger partial charge in [-0.05, 0) is 0 Å². The van der Waals surface area contributed by atoms with Gasteiger partial charge in [0.15, 0.2) is 0 Å². The molecular formula is C7H12ClN3O2. The van der Waals surface area contributed by atoms with Crippen LogP contribution in [0.3, 0.4) is 0 Å². The number of nitrogens with zero attached hydrogens (tertiary/aromatic N) is 1. The molecular weight excluding hydrogens is 194 g/mol. The topological polar surface area (TPSA) is 61.4 Å². The summed E-state index contributed by atoms with van der Waals surface area (Å²) in [6.45, 7) is 2.18. The summed E-state index contributed by atoms with van der Waals surface area (Å²) in [5, 5.41) is 5.64. The maximum absolute atomic E-state index is 11.3. The van der Waals surface area contributed by atoms with Gasteiger partial charge < -0.3 is 15.5 Å². The van der Waals surface area contributed by atoms with Crippen LogP contribution in [-0.2, 0) is 9.59 Å². The summed E-state index contributed by atoms with van der Waals surface area (Å²) in [7, 11) is 0. The normalized spacial score (nSPS) is 27.4. The van der Waals surface area contributed by atoms with E-state index in [0.717, 1.165) is 6.54 Å². The van der Waals surface area contributed by atoms with Gasteiger partial charge in [-0.1, -0.05) is 0 Å². The van der Waals surface area contributed by atoms with Crippen molar-refractivity contribution in [3.8, 4) is 0 Å². The molecule has 74 valence electrons. The number of amides is 2. The molecule has 0 aliphatic carbocycles. The van der Waals surface area contributed by atoms with E-state index in [2.05, 4.69) is 10.6 Å². The van der Waals surface area contributed by atoms with Gasteiger partial charge in [0.05, 0.1) is 6.54 Å². The molecule has 6 heteroatoms. The van der Waals surface area contributed by atoms with Gasteiger partial charge in [0.25, 0.3) is 0 Å². The number of carbonyl (C=O) groups excluding carboxylic acids is 2. The molecule has 0 aromatic rings. The summed E-state index contributed by atoms with van der Waals surface area (Å²) < 4.78 is 0. The van der Waals surface area contributed by atoms with Crippen molar-refractivity contribution in [3.05, 3.63) is 0 Å². The number of fused-ring (bicyclic) bond motifs is 1. The lowest BCUT2D eigenvalue weighted by molar-refractivity contribution is -0.146. The lowest BCUT2D eigenvalue weighted by atomic mass is 10.1. The molecule has 2 aliphatic heterocycles. The van der Waals surface area contributed by atoms with E-state index in [4.69, 9.17) is 0 Å². The van der Waals surface area contributed by atoms with Gasteiger partial charge >= 0.3 is 0 Å². The second kappa shape index (κ2) is 3.93. The van der Waals surface area contributed by atoms with Crippen molar-refractivity contribution < 1.29 is 9.59 Å². The molecule has 0 bridgehead atoms. The summed E-state index contributed by atoms with van der Waals surface area (Å²) in [5.41, 5.74) is 0. The van der Waals surface area contributed by atoms with Crippen LogP contribution in [0, 0.1) is 0 Å². The van der Waals surface area contributed by atoms with Crippen LogP contribution in [0.4, 0.5) is 0 Å². The fraction of sp³-hybridized carbons (Fsp3) is 0.714. The van der Waals surface area contributed by atoms with Crippen LogP contribution >= 0.6 is 12.4 Å². The second-order valence-electron chi connectivity index (χ2n) is 3.02. The zero-order valence-electron chi connectivity index (χ0n) is 7.08. The number of hydrogen-bond acceptors (Lipinski definition) is 3. The van der Waals surface area contributed by atoms with E-state index in [-0.39, 0.29) is 36.8 Å². The molecule has 0 spiro atoms. The molecule has 0 aromatic heterocycles. The van der Waals surface area contributed by atoms with E-state index >= 15 is 0 Å². The fourth-order valence-corrected chi connectivity index (χ4v) is 1.62. The molecule has 2 rings (SSSR count). The van der Waals surface area contributed by atoms with Crippen molar-refractivity contribution in [1.82, 2.24) is 15.5 Å². The van der Waals surface area contributed by atoms with Crippen LogP contribution in [-0.4, -0.2) is 48.9 Å². The molecule has 2 aliphatic rings. The number of hydrogen-bond donors (Lipinski definition) is 2. The van der Waals surface area contributed by atoms with Crippen molar-refractivity contribution >= 4 is 24.2 Å². The maximum atomic E-state index is 11.3. The maximum Gasteiger partial charge on any atom is 0.244 e. The molecule has 1 atom stereocenters. The Morgan fingerprint density at radius 1 is 1.38 bits per heavy atom. The average molecular weight is 206 g/mol. The Balaban J connectivity index is 0.000000845. The van der Waals surface area contributed by atoms with Gasteiger partial charge in [0, 0.05) is 19.6 Å². The van der Waals surface area contributed by atoms with Gasteiger partial charge in [0.2, 0.25) is 11.8 Å². The molecule has 13 heavy (non-hydrogen) atoms. The highest BCUT2D eigenvalue weighted by Gasteiger charge is 2.35. The van der Waals surface area contributed by atoms with Crippen LogP contribution < -0.4 is 10.6 Å². The highest BCUT2D eigenvalue weighted by Crippen LogP contribution is 2.07. The van der Waals surface area contributed by atoms with Crippen LogP contribution in [0.15, 0.2) is 0 Å². The molecule has 2 N–H and O–H groups in total. The minimum atomic E-state index is -0.278. The molecule has 2 heterocycles. The van der Waals surface area contributed by atoms with Crippen molar-refractivity contribution in [2.45, 2.75) is 6.04 Å². The van der Waals surface area contributed by atoms with Gasteiger partial charge in [0.1, 0.15) is 6.04 Å². The molecule has 0 saturated carbocycles. The lowest BCUT2D eigenvalue weighted by Gasteiger charge is -2.38. The van der Waals surface area contributed by atoms with Gasteiger partial charge in [-0.2, -0.15) is 0 Å². The molecule has 0 radical (unpaired) electrons. The van der Waals surface area contributed by atoms with Gasteiger partial charge in [-0.25, -0.2) is 0 Å². The Labute approximate surface area is 82.3 Å². The third-order valence-electron chi connectivity index (χ3n) is 2.28. The first-order valence-electron chi connectivity index (χ1n) is 4.07. The van der Waals surface area contributed by atoms with Gasteiger partial charge in [-0.3, -0.25) is 9.59 Å². The van der Waals surface area contributed by atoms with Crippen LogP contribution in [0.25, 0.3) is 0 Å². The van der Waals surface area contributed by atoms with E-state index < -0.39 is 0 Å². The summed E-state index contributed by atoms with van der Waals surface area (Å²) in [6.07, 6.45) is 0. The summed E-state index contributed by atoms with van der Waals surface area (Å²) in [6, 6.07) is -0.278. The number of piperazine rings is 2. The number of halogens is 1.